The lowest BCUT2D eigenvalue weighted by atomic mass is 9.96. The fourth-order valence-electron chi connectivity index (χ4n) is 4.12. The van der Waals surface area contributed by atoms with Crippen molar-refractivity contribution in [2.75, 3.05) is 18.0 Å². The number of carbonyl (C=O) groups excluding carboxylic acids is 2. The highest BCUT2D eigenvalue weighted by atomic mass is 16.2. The molecule has 0 unspecified atom stereocenters. The van der Waals surface area contributed by atoms with Gasteiger partial charge in [0.15, 0.2) is 0 Å². The molecule has 1 fully saturated rings. The van der Waals surface area contributed by atoms with Gasteiger partial charge in [0.05, 0.1) is 11.6 Å². The van der Waals surface area contributed by atoms with E-state index in [1.165, 1.54) is 5.56 Å². The highest BCUT2D eigenvalue weighted by Gasteiger charge is 2.36. The van der Waals surface area contributed by atoms with Crippen molar-refractivity contribution < 1.29 is 9.59 Å². The summed E-state index contributed by atoms with van der Waals surface area (Å²) in [6.07, 6.45) is 1.28. The summed E-state index contributed by atoms with van der Waals surface area (Å²) in [5.41, 5.74) is 4.26. The second-order valence-corrected chi connectivity index (χ2v) is 8.73. The van der Waals surface area contributed by atoms with Crippen LogP contribution in [-0.2, 0) is 16.1 Å². The van der Waals surface area contributed by atoms with Crippen LogP contribution in [0.25, 0.3) is 0 Å². The molecule has 0 aliphatic carbocycles. The number of carbonyl (C=O) groups is 2. The van der Waals surface area contributed by atoms with Gasteiger partial charge in [-0.05, 0) is 49.8 Å². The topological polar surface area (TPSA) is 67.2 Å². The van der Waals surface area contributed by atoms with Crippen LogP contribution in [0, 0.1) is 25.7 Å². The number of amides is 2. The third-order valence-electron chi connectivity index (χ3n) is 6.08. The number of hydrogen-bond acceptors (Lipinski definition) is 3. The van der Waals surface area contributed by atoms with Crippen molar-refractivity contribution in [3.05, 3.63) is 47.3 Å². The fourth-order valence-corrected chi connectivity index (χ4v) is 4.12. The van der Waals surface area contributed by atoms with E-state index in [1.807, 2.05) is 36.7 Å². The van der Waals surface area contributed by atoms with Gasteiger partial charge in [0, 0.05) is 37.4 Å². The van der Waals surface area contributed by atoms with Gasteiger partial charge in [-0.3, -0.25) is 14.3 Å². The molecule has 0 spiro atoms. The van der Waals surface area contributed by atoms with E-state index >= 15 is 0 Å². The van der Waals surface area contributed by atoms with Crippen molar-refractivity contribution in [2.45, 2.75) is 59.9 Å². The summed E-state index contributed by atoms with van der Waals surface area (Å²) < 4.78 is 1.98. The number of nitrogens with one attached hydrogen (secondary N) is 1. The van der Waals surface area contributed by atoms with Crippen molar-refractivity contribution >= 4 is 17.5 Å². The van der Waals surface area contributed by atoms with Gasteiger partial charge in [0.2, 0.25) is 11.8 Å². The summed E-state index contributed by atoms with van der Waals surface area (Å²) in [5, 5.41) is 7.54. The highest BCUT2D eigenvalue weighted by molar-refractivity contribution is 6.00. The molecule has 0 radical (unpaired) electrons. The van der Waals surface area contributed by atoms with Crippen LogP contribution < -0.4 is 10.2 Å². The molecule has 6 heteroatoms. The summed E-state index contributed by atoms with van der Waals surface area (Å²) in [5.74, 6) is 0.320. The molecular formula is C24H34N4O2. The molecule has 1 aromatic heterocycles. The monoisotopic (exact) mass is 410 g/mol. The number of rotatable bonds is 8. The van der Waals surface area contributed by atoms with Crippen LogP contribution in [0.15, 0.2) is 30.3 Å². The van der Waals surface area contributed by atoms with Gasteiger partial charge in [-0.15, -0.1) is 0 Å². The van der Waals surface area contributed by atoms with E-state index in [4.69, 9.17) is 0 Å². The van der Waals surface area contributed by atoms with Crippen molar-refractivity contribution in [3.63, 3.8) is 0 Å². The second kappa shape index (κ2) is 9.45. The van der Waals surface area contributed by atoms with Gasteiger partial charge in [-0.2, -0.15) is 5.10 Å². The Morgan fingerprint density at radius 1 is 1.27 bits per heavy atom. The van der Waals surface area contributed by atoms with E-state index in [0.717, 1.165) is 30.0 Å². The maximum Gasteiger partial charge on any atom is 0.227 e. The smallest absolute Gasteiger partial charge is 0.227 e. The molecule has 162 valence electrons. The molecule has 6 nitrogen and oxygen atoms in total. The molecule has 1 aromatic carbocycles. The number of para-hydroxylation sites is 1. The lowest BCUT2D eigenvalue weighted by Gasteiger charge is -2.23. The first-order valence-electron chi connectivity index (χ1n) is 11.0. The van der Waals surface area contributed by atoms with E-state index in [0.29, 0.717) is 19.0 Å². The molecule has 1 aliphatic heterocycles. The zero-order chi connectivity index (χ0) is 21.8. The predicted octanol–water partition coefficient (Wildman–Crippen LogP) is 3.82. The maximum atomic E-state index is 12.8. The summed E-state index contributed by atoms with van der Waals surface area (Å²) >= 11 is 0. The third-order valence-corrected chi connectivity index (χ3v) is 6.08. The number of aromatic nitrogens is 2. The van der Waals surface area contributed by atoms with Gasteiger partial charge in [0.1, 0.15) is 0 Å². The number of aryl methyl sites for hydroxylation is 2. The number of anilines is 1. The predicted molar refractivity (Wildman–Crippen MR) is 119 cm³/mol. The lowest BCUT2D eigenvalue weighted by molar-refractivity contribution is -0.126. The molecule has 3 rings (SSSR count). The van der Waals surface area contributed by atoms with Gasteiger partial charge in [-0.25, -0.2) is 0 Å². The summed E-state index contributed by atoms with van der Waals surface area (Å²) in [7, 11) is 0. The molecule has 2 amide bonds. The molecule has 1 saturated heterocycles. The van der Waals surface area contributed by atoms with Gasteiger partial charge in [0.25, 0.3) is 0 Å². The van der Waals surface area contributed by atoms with Crippen LogP contribution in [0.2, 0.25) is 0 Å². The zero-order valence-electron chi connectivity index (χ0n) is 18.8. The first kappa shape index (κ1) is 22.1. The maximum absolute atomic E-state index is 12.8. The van der Waals surface area contributed by atoms with Gasteiger partial charge in [-0.1, -0.05) is 39.0 Å². The Morgan fingerprint density at radius 3 is 2.67 bits per heavy atom. The van der Waals surface area contributed by atoms with E-state index in [1.54, 1.807) is 4.90 Å². The number of hydrogen-bond donors (Lipinski definition) is 1. The molecule has 2 heterocycles. The van der Waals surface area contributed by atoms with Crippen LogP contribution in [0.1, 0.15) is 56.5 Å². The molecule has 3 atom stereocenters. The first-order valence-corrected chi connectivity index (χ1v) is 11.0. The largest absolute Gasteiger partial charge is 0.355 e. The Hall–Kier alpha value is -2.63. The minimum absolute atomic E-state index is 0.0293. The second-order valence-electron chi connectivity index (χ2n) is 8.73. The average molecular weight is 411 g/mol. The molecule has 0 bridgehead atoms. The Labute approximate surface area is 179 Å². The first-order chi connectivity index (χ1) is 14.3. The zero-order valence-corrected chi connectivity index (χ0v) is 18.8. The van der Waals surface area contributed by atoms with Crippen molar-refractivity contribution in [2.24, 2.45) is 11.8 Å². The number of benzene rings is 1. The van der Waals surface area contributed by atoms with E-state index in [2.05, 4.69) is 43.3 Å². The average Bonchev–Trinajstić information content (AvgIpc) is 3.26. The number of nitrogens with zero attached hydrogens (tertiary/aromatic N) is 3. The van der Waals surface area contributed by atoms with Crippen molar-refractivity contribution in [3.8, 4) is 0 Å². The standard InChI is InChI=1S/C24H34N4O2/c1-6-17(3)21-9-7-8-10-22(21)27-15-20(12-23(27)29)24(30)25-13-16(2)14-28-19(5)11-18(4)26-28/h7-11,16-17,20H,6,12-15H2,1-5H3,(H,25,30)/t16-,17+,20-/m1/s1. The normalized spacial score (nSPS) is 18.5. The Morgan fingerprint density at radius 2 is 2.00 bits per heavy atom. The third kappa shape index (κ3) is 4.91. The molecule has 30 heavy (non-hydrogen) atoms. The Kier molecular flexibility index (Phi) is 6.95. The molecule has 0 saturated carbocycles. The van der Waals surface area contributed by atoms with Gasteiger partial charge >= 0.3 is 0 Å². The summed E-state index contributed by atoms with van der Waals surface area (Å²) in [4.78, 5) is 27.3. The SMILES string of the molecule is CC[C@H](C)c1ccccc1N1C[C@H](C(=O)NC[C@@H](C)Cn2nc(C)cc2C)CC1=O. The minimum atomic E-state index is -0.302. The van der Waals surface area contributed by atoms with Crippen molar-refractivity contribution in [1.82, 2.24) is 15.1 Å². The molecule has 1 aliphatic rings. The summed E-state index contributed by atoms with van der Waals surface area (Å²) in [6.45, 7) is 12.2. The Balaban J connectivity index is 1.58. The Bertz CT molecular complexity index is 904. The highest BCUT2D eigenvalue weighted by Crippen LogP contribution is 2.33. The van der Waals surface area contributed by atoms with E-state index in [9.17, 15) is 9.59 Å². The van der Waals surface area contributed by atoms with Crippen LogP contribution in [0.5, 0.6) is 0 Å². The molecule has 2 aromatic rings. The lowest BCUT2D eigenvalue weighted by Crippen LogP contribution is -2.36. The van der Waals surface area contributed by atoms with Crippen LogP contribution >= 0.6 is 0 Å². The van der Waals surface area contributed by atoms with Crippen LogP contribution in [-0.4, -0.2) is 34.7 Å². The quantitative estimate of drug-likeness (QED) is 0.719. The van der Waals surface area contributed by atoms with Crippen LogP contribution in [0.4, 0.5) is 5.69 Å². The van der Waals surface area contributed by atoms with Crippen molar-refractivity contribution in [1.29, 1.82) is 0 Å². The minimum Gasteiger partial charge on any atom is -0.355 e. The van der Waals surface area contributed by atoms with E-state index in [-0.39, 0.29) is 30.1 Å². The molecular weight excluding hydrogens is 376 g/mol. The van der Waals surface area contributed by atoms with Crippen LogP contribution in [0.3, 0.4) is 0 Å². The van der Waals surface area contributed by atoms with E-state index < -0.39 is 0 Å². The summed E-state index contributed by atoms with van der Waals surface area (Å²) in [6, 6.07) is 10.1. The molecule has 1 N–H and O–H groups in total. The van der Waals surface area contributed by atoms with Gasteiger partial charge < -0.3 is 10.2 Å². The fraction of sp³-hybridized carbons (Fsp3) is 0.542.